The maximum atomic E-state index is 6.22. The summed E-state index contributed by atoms with van der Waals surface area (Å²) >= 11 is 0. The second-order valence-electron chi connectivity index (χ2n) is 16.6. The van der Waals surface area contributed by atoms with Crippen LogP contribution in [0.25, 0.3) is 111 Å². The number of benzene rings is 9. The van der Waals surface area contributed by atoms with Crippen LogP contribution in [0.3, 0.4) is 0 Å². The molecule has 11 aromatic rings. The van der Waals surface area contributed by atoms with Crippen LogP contribution in [-0.4, -0.2) is 9.97 Å². The van der Waals surface area contributed by atoms with Crippen LogP contribution < -0.4 is 0 Å². The smallest absolute Gasteiger partial charge is 0.160 e. The average Bonchev–Trinajstić information content (AvgIpc) is 3.79. The maximum absolute atomic E-state index is 6.22. The zero-order valence-electron chi connectivity index (χ0n) is 33.3. The fourth-order valence-electron chi connectivity index (χ4n) is 9.60. The monoisotopic (exact) mass is 766 g/mol. The van der Waals surface area contributed by atoms with Gasteiger partial charge in [0.05, 0.1) is 11.4 Å². The van der Waals surface area contributed by atoms with Crippen molar-refractivity contribution in [3.8, 4) is 67.3 Å². The van der Waals surface area contributed by atoms with Gasteiger partial charge in [-0.3, -0.25) is 0 Å². The quantitative estimate of drug-likeness (QED) is 0.175. The van der Waals surface area contributed by atoms with Gasteiger partial charge in [-0.1, -0.05) is 159 Å². The molecule has 0 radical (unpaired) electrons. The first-order valence-electron chi connectivity index (χ1n) is 20.6. The van der Waals surface area contributed by atoms with Gasteiger partial charge in [0.15, 0.2) is 5.82 Å². The highest BCUT2D eigenvalue weighted by Crippen LogP contribution is 2.53. The Morgan fingerprint density at radius 2 is 1.00 bits per heavy atom. The van der Waals surface area contributed by atoms with E-state index in [2.05, 4.69) is 190 Å². The lowest BCUT2D eigenvalue weighted by molar-refractivity contribution is 0.661. The molecule has 3 nitrogen and oxygen atoms in total. The highest BCUT2D eigenvalue weighted by molar-refractivity contribution is 6.12. The summed E-state index contributed by atoms with van der Waals surface area (Å²) in [5, 5.41) is 7.13. The Morgan fingerprint density at radius 3 is 1.87 bits per heavy atom. The van der Waals surface area contributed by atoms with Gasteiger partial charge in [-0.15, -0.1) is 0 Å². The Morgan fingerprint density at radius 1 is 0.383 bits per heavy atom. The van der Waals surface area contributed by atoms with Gasteiger partial charge in [-0.2, -0.15) is 0 Å². The van der Waals surface area contributed by atoms with Crippen molar-refractivity contribution >= 4 is 43.5 Å². The third-order valence-electron chi connectivity index (χ3n) is 12.6. The highest BCUT2D eigenvalue weighted by Gasteiger charge is 2.37. The van der Waals surface area contributed by atoms with E-state index in [0.29, 0.717) is 5.82 Å². The van der Waals surface area contributed by atoms with Crippen LogP contribution in [0, 0.1) is 0 Å². The minimum Gasteiger partial charge on any atom is -0.456 e. The molecular weight excluding hydrogens is 729 g/mol. The second-order valence-corrected chi connectivity index (χ2v) is 16.6. The molecule has 0 amide bonds. The van der Waals surface area contributed by atoms with E-state index < -0.39 is 0 Å². The van der Waals surface area contributed by atoms with Crippen molar-refractivity contribution in [2.75, 3.05) is 0 Å². The average molecular weight is 767 g/mol. The molecule has 0 N–H and O–H groups in total. The summed E-state index contributed by atoms with van der Waals surface area (Å²) in [5.41, 5.74) is 16.5. The van der Waals surface area contributed by atoms with Crippen LogP contribution in [0.2, 0.25) is 0 Å². The van der Waals surface area contributed by atoms with Crippen molar-refractivity contribution in [1.29, 1.82) is 0 Å². The highest BCUT2D eigenvalue weighted by atomic mass is 16.3. The number of para-hydroxylation sites is 1. The molecule has 282 valence electrons. The van der Waals surface area contributed by atoms with E-state index in [0.717, 1.165) is 55.4 Å². The topological polar surface area (TPSA) is 38.9 Å². The summed E-state index contributed by atoms with van der Waals surface area (Å²) in [4.78, 5) is 10.5. The van der Waals surface area contributed by atoms with Gasteiger partial charge in [0, 0.05) is 32.9 Å². The van der Waals surface area contributed by atoms with Gasteiger partial charge < -0.3 is 4.42 Å². The molecule has 0 fully saturated rings. The molecule has 0 saturated carbocycles. The first-order chi connectivity index (χ1) is 29.5. The van der Waals surface area contributed by atoms with Crippen molar-refractivity contribution < 1.29 is 4.42 Å². The number of aromatic nitrogens is 2. The largest absolute Gasteiger partial charge is 0.456 e. The summed E-state index contributed by atoms with van der Waals surface area (Å²) in [7, 11) is 0. The van der Waals surface area contributed by atoms with Crippen molar-refractivity contribution in [1.82, 2.24) is 9.97 Å². The molecule has 60 heavy (non-hydrogen) atoms. The number of fused-ring (bicyclic) bond motifs is 8. The van der Waals surface area contributed by atoms with Crippen LogP contribution in [0.5, 0.6) is 0 Å². The van der Waals surface area contributed by atoms with Crippen LogP contribution in [-0.2, 0) is 5.41 Å². The minimum atomic E-state index is -0.149. The van der Waals surface area contributed by atoms with Gasteiger partial charge in [0.1, 0.15) is 11.2 Å². The minimum absolute atomic E-state index is 0.149. The lowest BCUT2D eigenvalue weighted by Crippen LogP contribution is -2.14. The molecule has 0 atom stereocenters. The lowest BCUT2D eigenvalue weighted by atomic mass is 9.81. The van der Waals surface area contributed by atoms with Gasteiger partial charge in [0.2, 0.25) is 0 Å². The summed E-state index contributed by atoms with van der Waals surface area (Å²) in [6.45, 7) is 4.69. The third-order valence-corrected chi connectivity index (χ3v) is 12.6. The molecule has 2 aromatic heterocycles. The Balaban J connectivity index is 0.958. The number of nitrogens with zero attached hydrogens (tertiary/aromatic N) is 2. The Labute approximate surface area is 348 Å². The van der Waals surface area contributed by atoms with E-state index in [1.54, 1.807) is 0 Å². The van der Waals surface area contributed by atoms with Gasteiger partial charge in [-0.05, 0) is 115 Å². The molecule has 0 spiro atoms. The molecule has 1 aliphatic rings. The molecular formula is C57H38N2O. The third kappa shape index (κ3) is 5.43. The predicted molar refractivity (Wildman–Crippen MR) is 249 cm³/mol. The zero-order chi connectivity index (χ0) is 40.0. The fourth-order valence-corrected chi connectivity index (χ4v) is 9.60. The summed E-state index contributed by atoms with van der Waals surface area (Å²) in [5.74, 6) is 0.714. The second kappa shape index (κ2) is 13.2. The number of rotatable bonds is 5. The van der Waals surface area contributed by atoms with E-state index in [1.807, 2.05) is 18.2 Å². The van der Waals surface area contributed by atoms with Crippen molar-refractivity contribution in [3.63, 3.8) is 0 Å². The fraction of sp³-hybridized carbons (Fsp3) is 0.0526. The Kier molecular flexibility index (Phi) is 7.58. The summed E-state index contributed by atoms with van der Waals surface area (Å²) < 4.78 is 6.22. The summed E-state index contributed by atoms with van der Waals surface area (Å²) in [6.07, 6.45) is 0. The van der Waals surface area contributed by atoms with Crippen molar-refractivity contribution in [2.45, 2.75) is 19.3 Å². The van der Waals surface area contributed by atoms with Gasteiger partial charge in [-0.25, -0.2) is 9.97 Å². The van der Waals surface area contributed by atoms with Gasteiger partial charge in [0.25, 0.3) is 0 Å². The van der Waals surface area contributed by atoms with Crippen LogP contribution in [0.4, 0.5) is 0 Å². The number of furan rings is 1. The van der Waals surface area contributed by atoms with E-state index in [1.165, 1.54) is 60.7 Å². The van der Waals surface area contributed by atoms with Crippen LogP contribution >= 0.6 is 0 Å². The number of hydrogen-bond donors (Lipinski definition) is 0. The van der Waals surface area contributed by atoms with E-state index in [-0.39, 0.29) is 5.41 Å². The van der Waals surface area contributed by atoms with E-state index >= 15 is 0 Å². The van der Waals surface area contributed by atoms with Crippen molar-refractivity contribution in [2.24, 2.45) is 0 Å². The Bertz CT molecular complexity index is 3520. The molecule has 0 bridgehead atoms. The number of hydrogen-bond acceptors (Lipinski definition) is 3. The lowest BCUT2D eigenvalue weighted by Gasteiger charge is -2.22. The first kappa shape index (κ1) is 34.4. The molecule has 0 aliphatic heterocycles. The van der Waals surface area contributed by atoms with Gasteiger partial charge >= 0.3 is 0 Å². The molecule has 2 heterocycles. The zero-order valence-corrected chi connectivity index (χ0v) is 33.3. The first-order valence-corrected chi connectivity index (χ1v) is 20.6. The normalized spacial score (nSPS) is 13.0. The molecule has 3 heteroatoms. The Hall–Kier alpha value is -7.62. The SMILES string of the molecule is CC1(C)c2cc3ccccc3cc2-c2c(-c3cc(-c4ccc5cc(-c6cccc(-c7cccc8oc9ccccc9c78)c6)ccc5c4)nc(-c4ccccc4)n3)cccc21. The van der Waals surface area contributed by atoms with E-state index in [4.69, 9.17) is 14.4 Å². The molecule has 0 saturated heterocycles. The van der Waals surface area contributed by atoms with Crippen LogP contribution in [0.15, 0.2) is 199 Å². The molecule has 12 rings (SSSR count). The maximum Gasteiger partial charge on any atom is 0.160 e. The van der Waals surface area contributed by atoms with E-state index in [9.17, 15) is 0 Å². The summed E-state index contributed by atoms with van der Waals surface area (Å²) in [6, 6.07) is 69.6. The molecule has 0 unspecified atom stereocenters. The van der Waals surface area contributed by atoms with Crippen molar-refractivity contribution in [3.05, 3.63) is 205 Å². The molecule has 9 aromatic carbocycles. The molecule has 1 aliphatic carbocycles. The predicted octanol–water partition coefficient (Wildman–Crippen LogP) is 15.3. The standard InChI is InChI=1S/C57H38N2O/c1-57(2)48-22-11-21-45(54(48)47-32-37-15-6-7-16-38(37)33-49(47)57)51-34-50(58-56(59-51)35-13-4-3-5-14-35)43-28-27-40-29-39(25-26-41(40)31-43)36-17-10-18-42(30-36)44-20-12-24-53-55(44)46-19-8-9-23-52(46)60-53/h3-34H,1-2H3. The van der Waals surface area contributed by atoms with Crippen LogP contribution in [0.1, 0.15) is 25.0 Å².